The molecule has 1 atom stereocenters. The molecule has 0 aliphatic rings. The quantitative estimate of drug-likeness (QED) is 0.779. The zero-order valence-corrected chi connectivity index (χ0v) is 14.5. The Balaban J connectivity index is 2.03. The van der Waals surface area contributed by atoms with Crippen molar-refractivity contribution in [2.24, 2.45) is 0 Å². The van der Waals surface area contributed by atoms with Crippen LogP contribution in [-0.4, -0.2) is 23.7 Å². The number of nitrogens with one attached hydrogen (secondary N) is 1. The van der Waals surface area contributed by atoms with Crippen LogP contribution in [0.4, 0.5) is 0 Å². The molecule has 6 heteroatoms. The van der Waals surface area contributed by atoms with Crippen LogP contribution in [0.2, 0.25) is 0 Å². The third-order valence-electron chi connectivity index (χ3n) is 2.78. The molecule has 3 nitrogen and oxygen atoms in total. The topological polar surface area (TPSA) is 49.3 Å². The molecule has 1 aromatic carbocycles. The van der Waals surface area contributed by atoms with Crippen molar-refractivity contribution in [3.63, 3.8) is 0 Å². The lowest BCUT2D eigenvalue weighted by Crippen LogP contribution is -2.39. The van der Waals surface area contributed by atoms with E-state index in [-0.39, 0.29) is 18.6 Å². The fourth-order valence-corrected chi connectivity index (χ4v) is 4.61. The summed E-state index contributed by atoms with van der Waals surface area (Å²) < 4.78 is 1.66. The number of aliphatic hydroxyl groups excluding tert-OH is 1. The lowest BCUT2D eigenvalue weighted by molar-refractivity contribution is 0.0916. The second-order valence-corrected chi connectivity index (χ2v) is 8.03. The van der Waals surface area contributed by atoms with Crippen molar-refractivity contribution in [2.75, 3.05) is 6.61 Å². The SMILES string of the molecule is O=C(N[C@@H](CO)Cc1ccccc1)c1cc(Br)sc1Br. The normalized spacial score (nSPS) is 12.2. The molecule has 0 radical (unpaired) electrons. The van der Waals surface area contributed by atoms with Gasteiger partial charge < -0.3 is 10.4 Å². The van der Waals surface area contributed by atoms with Crippen molar-refractivity contribution in [2.45, 2.75) is 12.5 Å². The Bertz CT molecular complexity index is 586. The monoisotopic (exact) mass is 417 g/mol. The van der Waals surface area contributed by atoms with Crippen molar-refractivity contribution in [3.8, 4) is 0 Å². The maximum atomic E-state index is 12.2. The maximum Gasteiger partial charge on any atom is 0.253 e. The summed E-state index contributed by atoms with van der Waals surface area (Å²) in [7, 11) is 0. The van der Waals surface area contributed by atoms with Gasteiger partial charge in [0.2, 0.25) is 0 Å². The highest BCUT2D eigenvalue weighted by atomic mass is 79.9. The Morgan fingerprint density at radius 1 is 1.30 bits per heavy atom. The minimum Gasteiger partial charge on any atom is -0.394 e. The molecule has 2 rings (SSSR count). The number of aliphatic hydroxyl groups is 1. The first kappa shape index (κ1) is 15.7. The number of halogens is 2. The van der Waals surface area contributed by atoms with Gasteiger partial charge in [0.05, 0.1) is 25.8 Å². The molecule has 0 aliphatic carbocycles. The maximum absolute atomic E-state index is 12.2. The van der Waals surface area contributed by atoms with Gasteiger partial charge >= 0.3 is 0 Å². The van der Waals surface area contributed by atoms with Crippen LogP contribution in [0.1, 0.15) is 15.9 Å². The predicted molar refractivity (Wildman–Crippen MR) is 88.2 cm³/mol. The van der Waals surface area contributed by atoms with E-state index in [0.717, 1.165) is 13.1 Å². The van der Waals surface area contributed by atoms with Gasteiger partial charge in [0, 0.05) is 0 Å². The summed E-state index contributed by atoms with van der Waals surface area (Å²) in [6.07, 6.45) is 0.603. The largest absolute Gasteiger partial charge is 0.394 e. The number of carbonyl (C=O) groups is 1. The summed E-state index contributed by atoms with van der Waals surface area (Å²) in [5.74, 6) is -0.186. The van der Waals surface area contributed by atoms with Gasteiger partial charge in [0.1, 0.15) is 0 Å². The Labute approximate surface area is 138 Å². The van der Waals surface area contributed by atoms with E-state index in [4.69, 9.17) is 0 Å². The summed E-state index contributed by atoms with van der Waals surface area (Å²) in [4.78, 5) is 12.2. The molecule has 0 unspecified atom stereocenters. The van der Waals surface area contributed by atoms with Gasteiger partial charge in [-0.2, -0.15) is 0 Å². The molecule has 20 heavy (non-hydrogen) atoms. The van der Waals surface area contributed by atoms with Crippen LogP contribution in [0.3, 0.4) is 0 Å². The molecule has 106 valence electrons. The fraction of sp³-hybridized carbons (Fsp3) is 0.214. The first-order valence-electron chi connectivity index (χ1n) is 6.00. The molecular formula is C14H13Br2NO2S. The Hall–Kier alpha value is -0.690. The molecule has 1 heterocycles. The first-order valence-corrected chi connectivity index (χ1v) is 8.41. The zero-order chi connectivity index (χ0) is 14.5. The number of carbonyl (C=O) groups excluding carboxylic acids is 1. The van der Waals surface area contributed by atoms with Gasteiger partial charge in [-0.05, 0) is 49.9 Å². The standard InChI is InChI=1S/C14H13Br2NO2S/c15-12-7-11(13(16)20-12)14(19)17-10(8-18)6-9-4-2-1-3-5-9/h1-5,7,10,18H,6,8H2,(H,17,19)/t10-/m1/s1. The van der Waals surface area contributed by atoms with E-state index < -0.39 is 0 Å². The molecule has 0 bridgehead atoms. The van der Waals surface area contributed by atoms with Gasteiger partial charge in [-0.25, -0.2) is 0 Å². The predicted octanol–water partition coefficient (Wildman–Crippen LogP) is 3.61. The van der Waals surface area contributed by atoms with E-state index in [0.29, 0.717) is 12.0 Å². The van der Waals surface area contributed by atoms with E-state index in [1.165, 1.54) is 11.3 Å². The molecule has 0 aliphatic heterocycles. The average molecular weight is 419 g/mol. The summed E-state index contributed by atoms with van der Waals surface area (Å²) in [6.45, 7) is -0.0937. The molecule has 0 spiro atoms. The Morgan fingerprint density at radius 3 is 2.55 bits per heavy atom. The average Bonchev–Trinajstić information content (AvgIpc) is 2.78. The third-order valence-corrected chi connectivity index (χ3v) is 5.12. The van der Waals surface area contributed by atoms with Crippen molar-refractivity contribution in [1.82, 2.24) is 5.32 Å². The van der Waals surface area contributed by atoms with Crippen LogP contribution in [-0.2, 0) is 6.42 Å². The van der Waals surface area contributed by atoms with E-state index in [1.54, 1.807) is 6.07 Å². The number of benzene rings is 1. The Kier molecular flexibility index (Phi) is 5.77. The molecule has 0 fully saturated rings. The molecule has 0 saturated heterocycles. The van der Waals surface area contributed by atoms with Crippen LogP contribution >= 0.6 is 43.2 Å². The smallest absolute Gasteiger partial charge is 0.253 e. The third kappa shape index (κ3) is 4.15. The van der Waals surface area contributed by atoms with Gasteiger partial charge in [-0.1, -0.05) is 30.3 Å². The summed E-state index contributed by atoms with van der Waals surface area (Å²) in [5, 5.41) is 12.3. The summed E-state index contributed by atoms with van der Waals surface area (Å²) in [6, 6.07) is 11.3. The van der Waals surface area contributed by atoms with Crippen LogP contribution in [0, 0.1) is 0 Å². The molecular weight excluding hydrogens is 406 g/mol. The lowest BCUT2D eigenvalue weighted by Gasteiger charge is -2.16. The first-order chi connectivity index (χ1) is 9.60. The highest BCUT2D eigenvalue weighted by Gasteiger charge is 2.17. The molecule has 0 saturated carbocycles. The summed E-state index contributed by atoms with van der Waals surface area (Å²) in [5.41, 5.74) is 1.66. The van der Waals surface area contributed by atoms with E-state index >= 15 is 0 Å². The highest BCUT2D eigenvalue weighted by molar-refractivity contribution is 9.12. The number of rotatable bonds is 5. The number of hydrogen-bond donors (Lipinski definition) is 2. The van der Waals surface area contributed by atoms with Crippen LogP contribution in [0.15, 0.2) is 44.0 Å². The lowest BCUT2D eigenvalue weighted by atomic mass is 10.1. The van der Waals surface area contributed by atoms with Gasteiger partial charge in [-0.15, -0.1) is 11.3 Å². The van der Waals surface area contributed by atoms with Gasteiger partial charge in [-0.3, -0.25) is 4.79 Å². The van der Waals surface area contributed by atoms with Crippen molar-refractivity contribution in [1.29, 1.82) is 0 Å². The van der Waals surface area contributed by atoms with E-state index in [2.05, 4.69) is 37.2 Å². The molecule has 1 amide bonds. The minimum atomic E-state index is -0.296. The second kappa shape index (κ2) is 7.36. The highest BCUT2D eigenvalue weighted by Crippen LogP contribution is 2.31. The van der Waals surface area contributed by atoms with E-state index in [1.807, 2.05) is 30.3 Å². The van der Waals surface area contributed by atoms with E-state index in [9.17, 15) is 9.90 Å². The zero-order valence-electron chi connectivity index (χ0n) is 10.5. The van der Waals surface area contributed by atoms with Crippen LogP contribution in [0.5, 0.6) is 0 Å². The van der Waals surface area contributed by atoms with Gasteiger partial charge in [0.25, 0.3) is 5.91 Å². The fourth-order valence-electron chi connectivity index (χ4n) is 1.82. The number of amides is 1. The summed E-state index contributed by atoms with van der Waals surface area (Å²) >= 11 is 8.16. The van der Waals surface area contributed by atoms with Crippen molar-refractivity contribution < 1.29 is 9.90 Å². The molecule has 2 aromatic rings. The Morgan fingerprint density at radius 2 is 2.00 bits per heavy atom. The number of thiophene rings is 1. The number of hydrogen-bond acceptors (Lipinski definition) is 3. The van der Waals surface area contributed by atoms with Crippen molar-refractivity contribution >= 4 is 49.1 Å². The van der Waals surface area contributed by atoms with Crippen molar-refractivity contribution in [3.05, 3.63) is 55.1 Å². The molecule has 2 N–H and O–H groups in total. The van der Waals surface area contributed by atoms with Crippen LogP contribution < -0.4 is 5.32 Å². The van der Waals surface area contributed by atoms with Crippen LogP contribution in [0.25, 0.3) is 0 Å². The minimum absolute atomic E-state index is 0.0937. The second-order valence-electron chi connectivity index (χ2n) is 4.28. The van der Waals surface area contributed by atoms with Gasteiger partial charge in [0.15, 0.2) is 0 Å². The molecule has 1 aromatic heterocycles.